The van der Waals surface area contributed by atoms with E-state index in [4.69, 9.17) is 0 Å². The maximum absolute atomic E-state index is 10.6. The van der Waals surface area contributed by atoms with Gasteiger partial charge < -0.3 is 0 Å². The Bertz CT molecular complexity index is 249. The normalized spacial score (nSPS) is 20.3. The number of carbonyl (C=O) groups is 1. The lowest BCUT2D eigenvalue weighted by Crippen LogP contribution is -2.31. The first-order valence-electron chi connectivity index (χ1n) is 3.11. The summed E-state index contributed by atoms with van der Waals surface area (Å²) in [6.07, 6.45) is 5.00. The van der Waals surface area contributed by atoms with Crippen LogP contribution in [0, 0.1) is 10.1 Å². The number of allylic oxidation sites excluding steroid dienone is 2. The van der Waals surface area contributed by atoms with Gasteiger partial charge in [-0.3, -0.25) is 14.9 Å². The van der Waals surface area contributed by atoms with Crippen molar-refractivity contribution in [2.45, 2.75) is 12.5 Å². The summed E-state index contributed by atoms with van der Waals surface area (Å²) in [5.74, 6) is -0.204. The highest BCUT2D eigenvalue weighted by molar-refractivity contribution is 6.00. The first kappa shape index (κ1) is 7.65. The minimum Gasteiger partial charge on any atom is -0.290 e. The van der Waals surface area contributed by atoms with Crippen LogP contribution in [0.4, 0.5) is 0 Å². The van der Waals surface area contributed by atoms with E-state index in [0.717, 1.165) is 0 Å². The Labute approximate surface area is 63.4 Å². The number of nitrogens with zero attached hydrogens (tertiary/aromatic N) is 1. The third kappa shape index (κ3) is 1.34. The van der Waals surface area contributed by atoms with Gasteiger partial charge in [-0.15, -0.1) is 0 Å². The van der Waals surface area contributed by atoms with Crippen molar-refractivity contribution in [3.63, 3.8) is 0 Å². The van der Waals surface area contributed by atoms with Gasteiger partial charge in [-0.2, -0.15) is 0 Å². The summed E-state index contributed by atoms with van der Waals surface area (Å²) in [6, 6.07) is 0. The Morgan fingerprint density at radius 1 is 1.45 bits per heavy atom. The summed E-state index contributed by atoms with van der Waals surface area (Å²) >= 11 is 0. The van der Waals surface area contributed by atoms with Crippen LogP contribution in [-0.2, 0) is 4.79 Å². The molecule has 0 aliphatic heterocycles. The van der Waals surface area contributed by atoms with Crippen molar-refractivity contribution in [2.75, 3.05) is 0 Å². The monoisotopic (exact) mass is 153 g/mol. The molecule has 0 heterocycles. The predicted octanol–water partition coefficient (Wildman–Crippen LogP) is 0.717. The first-order chi connectivity index (χ1) is 5.04. The van der Waals surface area contributed by atoms with Crippen LogP contribution in [0.1, 0.15) is 6.92 Å². The summed E-state index contributed by atoms with van der Waals surface area (Å²) in [5, 5.41) is 10.4. The molecule has 0 aromatic carbocycles. The van der Waals surface area contributed by atoms with Crippen LogP contribution in [0.5, 0.6) is 0 Å². The maximum Gasteiger partial charge on any atom is 0.256 e. The van der Waals surface area contributed by atoms with Crippen molar-refractivity contribution in [2.24, 2.45) is 0 Å². The van der Waals surface area contributed by atoms with E-state index < -0.39 is 10.5 Å². The molecule has 1 rings (SSSR count). The molecule has 0 spiro atoms. The number of rotatable bonds is 1. The zero-order valence-electron chi connectivity index (χ0n) is 5.98. The maximum atomic E-state index is 10.6. The molecule has 0 amide bonds. The molecular weight excluding hydrogens is 146 g/mol. The topological polar surface area (TPSA) is 60.2 Å². The third-order valence-electron chi connectivity index (χ3n) is 1.56. The van der Waals surface area contributed by atoms with Crippen molar-refractivity contribution in [1.29, 1.82) is 0 Å². The molecule has 4 heteroatoms. The summed E-state index contributed by atoms with van der Waals surface area (Å²) < 4.78 is 0. The quantitative estimate of drug-likeness (QED) is 0.412. The van der Waals surface area contributed by atoms with Gasteiger partial charge in [0.1, 0.15) is 0 Å². The molecule has 58 valence electrons. The average molecular weight is 153 g/mol. The van der Waals surface area contributed by atoms with E-state index in [1.54, 1.807) is 0 Å². The molecule has 0 aromatic rings. The molecule has 11 heavy (non-hydrogen) atoms. The van der Waals surface area contributed by atoms with Crippen LogP contribution in [-0.4, -0.2) is 16.2 Å². The summed E-state index contributed by atoms with van der Waals surface area (Å²) in [5.41, 5.74) is -1.20. The van der Waals surface area contributed by atoms with E-state index in [-0.39, 0.29) is 5.78 Å². The lowest BCUT2D eigenvalue weighted by atomic mass is 9.97. The highest BCUT2D eigenvalue weighted by Crippen LogP contribution is 2.16. The number of ketones is 1. The summed E-state index contributed by atoms with van der Waals surface area (Å²) in [7, 11) is 0. The minimum atomic E-state index is -1.20. The fourth-order valence-corrected chi connectivity index (χ4v) is 0.735. The molecule has 1 aliphatic rings. The van der Waals surface area contributed by atoms with Gasteiger partial charge in [0.25, 0.3) is 5.54 Å². The fourth-order valence-electron chi connectivity index (χ4n) is 0.735. The van der Waals surface area contributed by atoms with Crippen molar-refractivity contribution in [3.8, 4) is 0 Å². The van der Waals surface area contributed by atoms with Gasteiger partial charge >= 0.3 is 0 Å². The van der Waals surface area contributed by atoms with Gasteiger partial charge in [0, 0.05) is 11.8 Å². The van der Waals surface area contributed by atoms with Gasteiger partial charge in [-0.05, 0) is 24.3 Å². The molecule has 0 saturated carbocycles. The molecule has 1 aliphatic carbocycles. The minimum absolute atomic E-state index is 0.204. The predicted molar refractivity (Wildman–Crippen MR) is 38.7 cm³/mol. The molecular formula is C7H7NO3. The molecule has 0 radical (unpaired) electrons. The number of carbonyl (C=O) groups excluding carboxylic acids is 1. The number of hydrogen-bond donors (Lipinski definition) is 0. The Morgan fingerprint density at radius 3 is 2.27 bits per heavy atom. The van der Waals surface area contributed by atoms with E-state index in [0.29, 0.717) is 0 Å². The van der Waals surface area contributed by atoms with E-state index in [2.05, 4.69) is 0 Å². The fraction of sp³-hybridized carbons (Fsp3) is 0.286. The van der Waals surface area contributed by atoms with E-state index in [9.17, 15) is 14.9 Å². The van der Waals surface area contributed by atoms with Gasteiger partial charge in [0.2, 0.25) is 0 Å². The molecule has 0 N–H and O–H groups in total. The lowest BCUT2D eigenvalue weighted by molar-refractivity contribution is -0.535. The Kier molecular flexibility index (Phi) is 1.60. The molecule has 0 aromatic heterocycles. The zero-order chi connectivity index (χ0) is 8.48. The first-order valence-corrected chi connectivity index (χ1v) is 3.11. The molecule has 0 fully saturated rings. The van der Waals surface area contributed by atoms with Crippen molar-refractivity contribution in [1.82, 2.24) is 0 Å². The third-order valence-corrected chi connectivity index (χ3v) is 1.56. The SMILES string of the molecule is CC1([N+](=O)[O-])C=CC(=O)C=C1. The lowest BCUT2D eigenvalue weighted by Gasteiger charge is -2.13. The summed E-state index contributed by atoms with van der Waals surface area (Å²) in [4.78, 5) is 20.5. The van der Waals surface area contributed by atoms with Gasteiger partial charge in [0.15, 0.2) is 5.78 Å². The molecule has 0 unspecified atom stereocenters. The number of nitro groups is 1. The second-order valence-corrected chi connectivity index (χ2v) is 2.55. The molecule has 0 atom stereocenters. The van der Waals surface area contributed by atoms with Crippen LogP contribution in [0.25, 0.3) is 0 Å². The average Bonchev–Trinajstić information content (AvgIpc) is 1.95. The van der Waals surface area contributed by atoms with E-state index >= 15 is 0 Å². The smallest absolute Gasteiger partial charge is 0.256 e. The van der Waals surface area contributed by atoms with Gasteiger partial charge in [0.05, 0.1) is 0 Å². The van der Waals surface area contributed by atoms with Crippen molar-refractivity contribution >= 4 is 5.78 Å². The Morgan fingerprint density at radius 2 is 1.91 bits per heavy atom. The largest absolute Gasteiger partial charge is 0.290 e. The number of hydrogen-bond acceptors (Lipinski definition) is 3. The molecule has 0 saturated heterocycles. The standard InChI is InChI=1S/C7H7NO3/c1-7(8(10)11)4-2-6(9)3-5-7/h2-5H,1H3. The van der Waals surface area contributed by atoms with Crippen LogP contribution in [0.3, 0.4) is 0 Å². The van der Waals surface area contributed by atoms with Crippen LogP contribution < -0.4 is 0 Å². The van der Waals surface area contributed by atoms with E-state index in [1.807, 2.05) is 0 Å². The van der Waals surface area contributed by atoms with Gasteiger partial charge in [-0.1, -0.05) is 0 Å². The highest BCUT2D eigenvalue weighted by atomic mass is 16.6. The zero-order valence-corrected chi connectivity index (χ0v) is 5.98. The van der Waals surface area contributed by atoms with Crippen LogP contribution in [0.2, 0.25) is 0 Å². The Balaban J connectivity index is 2.94. The second kappa shape index (κ2) is 2.30. The Hall–Kier alpha value is -1.45. The van der Waals surface area contributed by atoms with Crippen molar-refractivity contribution < 1.29 is 9.72 Å². The van der Waals surface area contributed by atoms with Crippen LogP contribution >= 0.6 is 0 Å². The molecule has 0 bridgehead atoms. The van der Waals surface area contributed by atoms with Crippen LogP contribution in [0.15, 0.2) is 24.3 Å². The second-order valence-electron chi connectivity index (χ2n) is 2.55. The van der Waals surface area contributed by atoms with E-state index in [1.165, 1.54) is 31.2 Å². The summed E-state index contributed by atoms with van der Waals surface area (Å²) in [6.45, 7) is 1.44. The highest BCUT2D eigenvalue weighted by Gasteiger charge is 2.32. The molecule has 4 nitrogen and oxygen atoms in total. The van der Waals surface area contributed by atoms with Gasteiger partial charge in [-0.25, -0.2) is 0 Å². The van der Waals surface area contributed by atoms with Crippen molar-refractivity contribution in [3.05, 3.63) is 34.4 Å².